The number of hydrogen-bond acceptors (Lipinski definition) is 4. The van der Waals surface area contributed by atoms with Gasteiger partial charge in [-0.25, -0.2) is 0 Å². The van der Waals surface area contributed by atoms with Gasteiger partial charge in [-0.2, -0.15) is 0 Å². The summed E-state index contributed by atoms with van der Waals surface area (Å²) in [5.74, 6) is 0.745. The Kier molecular flexibility index (Phi) is 4.29. The summed E-state index contributed by atoms with van der Waals surface area (Å²) in [5.41, 5.74) is 2.33. The third-order valence-corrected chi connectivity index (χ3v) is 5.91. The molecule has 1 N–H and O–H groups in total. The highest BCUT2D eigenvalue weighted by Gasteiger charge is 2.47. The summed E-state index contributed by atoms with van der Waals surface area (Å²) in [4.78, 5) is 14.4. The number of nitrogens with zero attached hydrogens (tertiary/aromatic N) is 2. The maximum atomic E-state index is 12.5. The monoisotopic (exact) mass is 360 g/mol. The second-order valence-electron chi connectivity index (χ2n) is 7.03. The number of aliphatic hydroxyl groups excluding tert-OH is 1. The predicted octanol–water partition coefficient (Wildman–Crippen LogP) is 2.74. The fourth-order valence-electron chi connectivity index (χ4n) is 4.32. The number of aliphatic hydroxyl groups is 1. The lowest BCUT2D eigenvalue weighted by Gasteiger charge is -2.42. The molecular weight excluding hydrogens is 340 g/mol. The fraction of sp³-hybridized carbons (Fsp3) is 0.474. The Morgan fingerprint density at radius 1 is 1.36 bits per heavy atom. The lowest BCUT2D eigenvalue weighted by Crippen LogP contribution is -2.49. The highest BCUT2D eigenvalue weighted by atomic mass is 35.5. The molecule has 1 aliphatic heterocycles. The molecule has 1 spiro atoms. The lowest BCUT2D eigenvalue weighted by molar-refractivity contribution is -0.133. The van der Waals surface area contributed by atoms with E-state index < -0.39 is 0 Å². The molecule has 2 aromatic rings. The number of likely N-dealkylation sites (tertiary alicyclic amines) is 1. The highest BCUT2D eigenvalue weighted by molar-refractivity contribution is 6.29. The summed E-state index contributed by atoms with van der Waals surface area (Å²) in [5, 5.41) is 14.6. The Labute approximate surface area is 151 Å². The first-order chi connectivity index (χ1) is 12.1. The van der Waals surface area contributed by atoms with Crippen molar-refractivity contribution < 1.29 is 14.4 Å². The third-order valence-electron chi connectivity index (χ3n) is 5.73. The van der Waals surface area contributed by atoms with Crippen molar-refractivity contribution in [3.63, 3.8) is 0 Å². The number of benzene rings is 1. The Morgan fingerprint density at radius 2 is 2.12 bits per heavy atom. The van der Waals surface area contributed by atoms with Gasteiger partial charge in [0.15, 0.2) is 5.15 Å². The van der Waals surface area contributed by atoms with Gasteiger partial charge in [0.05, 0.1) is 6.10 Å². The maximum absolute atomic E-state index is 12.5. The van der Waals surface area contributed by atoms with Crippen molar-refractivity contribution >= 4 is 17.5 Å². The molecule has 4 rings (SSSR count). The van der Waals surface area contributed by atoms with Crippen molar-refractivity contribution in [1.82, 2.24) is 10.1 Å². The molecule has 25 heavy (non-hydrogen) atoms. The Balaban J connectivity index is 1.39. The van der Waals surface area contributed by atoms with Crippen LogP contribution in [0.15, 0.2) is 34.9 Å². The number of carbonyl (C=O) groups is 1. The third kappa shape index (κ3) is 2.96. The van der Waals surface area contributed by atoms with Crippen molar-refractivity contribution in [2.24, 2.45) is 0 Å². The van der Waals surface area contributed by atoms with Crippen molar-refractivity contribution in [3.05, 3.63) is 52.4 Å². The van der Waals surface area contributed by atoms with Crippen LogP contribution in [0.1, 0.15) is 36.1 Å². The fourth-order valence-corrected chi connectivity index (χ4v) is 4.47. The quantitative estimate of drug-likeness (QED) is 0.914. The van der Waals surface area contributed by atoms with Gasteiger partial charge in [0, 0.05) is 37.4 Å². The van der Waals surface area contributed by atoms with Gasteiger partial charge in [0.2, 0.25) is 5.91 Å². The maximum Gasteiger partial charge on any atom is 0.223 e. The zero-order valence-electron chi connectivity index (χ0n) is 13.9. The van der Waals surface area contributed by atoms with E-state index in [9.17, 15) is 9.90 Å². The number of piperidine rings is 1. The van der Waals surface area contributed by atoms with Crippen LogP contribution >= 0.6 is 11.6 Å². The second-order valence-corrected chi connectivity index (χ2v) is 7.42. The number of aromatic nitrogens is 1. The number of halogens is 1. The summed E-state index contributed by atoms with van der Waals surface area (Å²) in [6.45, 7) is 1.36. The van der Waals surface area contributed by atoms with Gasteiger partial charge in [-0.3, -0.25) is 4.79 Å². The zero-order valence-corrected chi connectivity index (χ0v) is 14.7. The SMILES string of the molecule is O=C(CCc1cc(Cl)no1)N1CCC2(CC1)c1ccccc1CC2O. The first-order valence-corrected chi connectivity index (χ1v) is 9.12. The summed E-state index contributed by atoms with van der Waals surface area (Å²) < 4.78 is 5.05. The Morgan fingerprint density at radius 3 is 2.84 bits per heavy atom. The van der Waals surface area contributed by atoms with E-state index in [2.05, 4.69) is 17.3 Å². The largest absolute Gasteiger partial charge is 0.392 e. The van der Waals surface area contributed by atoms with Gasteiger partial charge in [0.1, 0.15) is 5.76 Å². The number of hydrogen-bond donors (Lipinski definition) is 1. The lowest BCUT2D eigenvalue weighted by atomic mass is 9.72. The van der Waals surface area contributed by atoms with Crippen LogP contribution in [0, 0.1) is 0 Å². The smallest absolute Gasteiger partial charge is 0.223 e. The number of rotatable bonds is 3. The number of amides is 1. The molecule has 6 heteroatoms. The van der Waals surface area contributed by atoms with Gasteiger partial charge >= 0.3 is 0 Å². The van der Waals surface area contributed by atoms with Crippen LogP contribution in [-0.4, -0.2) is 40.3 Å². The molecule has 1 unspecified atom stereocenters. The second kappa shape index (κ2) is 6.46. The molecule has 5 nitrogen and oxygen atoms in total. The standard InChI is InChI=1S/C19H21ClN2O3/c20-17-12-14(25-21-17)5-6-18(24)22-9-7-19(8-10-22)15-4-2-1-3-13(15)11-16(19)23/h1-4,12,16,23H,5-11H2. The van der Waals surface area contributed by atoms with Crippen molar-refractivity contribution in [2.45, 2.75) is 43.6 Å². The van der Waals surface area contributed by atoms with Crippen molar-refractivity contribution in [3.8, 4) is 0 Å². The molecule has 0 saturated carbocycles. The van der Waals surface area contributed by atoms with Crippen LogP contribution in [0.3, 0.4) is 0 Å². The Bertz CT molecular complexity index is 780. The molecule has 132 valence electrons. The van der Waals surface area contributed by atoms with Crippen LogP contribution in [0.2, 0.25) is 5.15 Å². The van der Waals surface area contributed by atoms with Crippen LogP contribution in [0.5, 0.6) is 0 Å². The van der Waals surface area contributed by atoms with E-state index in [1.807, 2.05) is 17.0 Å². The molecule has 1 amide bonds. The van der Waals surface area contributed by atoms with Gasteiger partial charge in [0.25, 0.3) is 0 Å². The van der Waals surface area contributed by atoms with Crippen molar-refractivity contribution in [2.75, 3.05) is 13.1 Å². The minimum atomic E-state index is -0.349. The van der Waals surface area contributed by atoms with E-state index in [1.54, 1.807) is 6.07 Å². The predicted molar refractivity (Wildman–Crippen MR) is 93.5 cm³/mol. The molecule has 2 heterocycles. The molecule has 1 fully saturated rings. The Hall–Kier alpha value is -1.85. The average molecular weight is 361 g/mol. The van der Waals surface area contributed by atoms with Gasteiger partial charge in [-0.15, -0.1) is 0 Å². The molecule has 0 radical (unpaired) electrons. The molecule has 0 bridgehead atoms. The van der Waals surface area contributed by atoms with E-state index in [1.165, 1.54) is 11.1 Å². The van der Waals surface area contributed by atoms with E-state index in [0.717, 1.165) is 19.3 Å². The van der Waals surface area contributed by atoms with Crippen LogP contribution in [0.4, 0.5) is 0 Å². The van der Waals surface area contributed by atoms with Crippen LogP contribution in [-0.2, 0) is 23.1 Å². The minimum absolute atomic E-state index is 0.114. The summed E-state index contributed by atoms with van der Waals surface area (Å²) in [6, 6.07) is 9.95. The normalized spacial score (nSPS) is 21.5. The molecular formula is C19H21ClN2O3. The number of aryl methyl sites for hydroxylation is 1. The first-order valence-electron chi connectivity index (χ1n) is 8.74. The van der Waals surface area contributed by atoms with E-state index >= 15 is 0 Å². The number of fused-ring (bicyclic) bond motifs is 2. The van der Waals surface area contributed by atoms with Gasteiger partial charge in [-0.1, -0.05) is 41.0 Å². The van der Waals surface area contributed by atoms with E-state index in [4.69, 9.17) is 16.1 Å². The molecule has 1 aliphatic carbocycles. The van der Waals surface area contributed by atoms with Gasteiger partial charge in [-0.05, 0) is 30.4 Å². The molecule has 2 aliphatic rings. The minimum Gasteiger partial charge on any atom is -0.392 e. The van der Waals surface area contributed by atoms with Crippen LogP contribution in [0.25, 0.3) is 0 Å². The summed E-state index contributed by atoms with van der Waals surface area (Å²) in [6.07, 6.45) is 2.88. The highest BCUT2D eigenvalue weighted by Crippen LogP contribution is 2.46. The number of carbonyl (C=O) groups excluding carboxylic acids is 1. The molecule has 1 atom stereocenters. The topological polar surface area (TPSA) is 66.6 Å². The van der Waals surface area contributed by atoms with E-state index in [0.29, 0.717) is 36.8 Å². The van der Waals surface area contributed by atoms with Crippen LogP contribution < -0.4 is 0 Å². The average Bonchev–Trinajstić information content (AvgIpc) is 3.16. The summed E-state index contributed by atoms with van der Waals surface area (Å²) in [7, 11) is 0. The van der Waals surface area contributed by atoms with Crippen molar-refractivity contribution in [1.29, 1.82) is 0 Å². The zero-order chi connectivity index (χ0) is 17.4. The van der Waals surface area contributed by atoms with E-state index in [-0.39, 0.29) is 17.4 Å². The first kappa shape index (κ1) is 16.6. The molecule has 1 aromatic carbocycles. The molecule has 1 saturated heterocycles. The summed E-state index contributed by atoms with van der Waals surface area (Å²) >= 11 is 5.72. The van der Waals surface area contributed by atoms with Gasteiger partial charge < -0.3 is 14.5 Å². The molecule has 1 aromatic heterocycles.